The molecule has 4 nitrogen and oxygen atoms in total. The molecule has 1 rings (SSSR count). The van der Waals surface area contributed by atoms with Crippen LogP contribution in [0.5, 0.6) is 0 Å². The minimum Gasteiger partial charge on any atom is -0.302 e. The van der Waals surface area contributed by atoms with Gasteiger partial charge < -0.3 is 4.90 Å². The van der Waals surface area contributed by atoms with Gasteiger partial charge in [-0.3, -0.25) is 10.1 Å². The van der Waals surface area contributed by atoms with Gasteiger partial charge in [-0.2, -0.15) is 0 Å². The van der Waals surface area contributed by atoms with Crippen molar-refractivity contribution in [2.24, 2.45) is 0 Å². The number of benzene rings is 1. The van der Waals surface area contributed by atoms with Crippen LogP contribution in [0, 0.1) is 10.1 Å². The molecule has 0 aromatic heterocycles. The van der Waals surface area contributed by atoms with Gasteiger partial charge in [0, 0.05) is 18.7 Å². The van der Waals surface area contributed by atoms with E-state index in [2.05, 4.69) is 18.9 Å². The molecule has 0 saturated heterocycles. The van der Waals surface area contributed by atoms with Gasteiger partial charge >= 0.3 is 0 Å². The van der Waals surface area contributed by atoms with Crippen molar-refractivity contribution in [3.05, 3.63) is 39.9 Å². The topological polar surface area (TPSA) is 46.4 Å². The summed E-state index contributed by atoms with van der Waals surface area (Å²) in [5.41, 5.74) is 1.28. The molecule has 0 aliphatic heterocycles. The van der Waals surface area contributed by atoms with Gasteiger partial charge in [-0.1, -0.05) is 38.3 Å². The summed E-state index contributed by atoms with van der Waals surface area (Å²) in [5.74, 6) is 0. The van der Waals surface area contributed by atoms with E-state index >= 15 is 0 Å². The molecule has 1 aromatic rings. The van der Waals surface area contributed by atoms with Crippen LogP contribution in [0.25, 0.3) is 0 Å². The number of hydrogen-bond donors (Lipinski definition) is 0. The van der Waals surface area contributed by atoms with E-state index in [1.54, 1.807) is 12.1 Å². The van der Waals surface area contributed by atoms with Crippen LogP contribution in [0.15, 0.2) is 24.3 Å². The molecule has 0 unspecified atom stereocenters. The van der Waals surface area contributed by atoms with E-state index in [0.29, 0.717) is 0 Å². The van der Waals surface area contributed by atoms with Crippen molar-refractivity contribution in [3.8, 4) is 0 Å². The molecule has 0 fully saturated rings. The first-order valence-corrected chi connectivity index (χ1v) is 6.55. The number of nitro groups is 1. The van der Waals surface area contributed by atoms with E-state index in [1.165, 1.54) is 25.7 Å². The molecule has 0 radical (unpaired) electrons. The van der Waals surface area contributed by atoms with E-state index in [0.717, 1.165) is 18.7 Å². The molecular formula is C14H22N2O2. The quantitative estimate of drug-likeness (QED) is 0.402. The van der Waals surface area contributed by atoms with Gasteiger partial charge in [-0.15, -0.1) is 0 Å². The highest BCUT2D eigenvalue weighted by atomic mass is 16.6. The van der Waals surface area contributed by atoms with Crippen LogP contribution < -0.4 is 0 Å². The number of nitro benzene ring substituents is 1. The Labute approximate surface area is 109 Å². The third kappa shape index (κ3) is 5.27. The van der Waals surface area contributed by atoms with Crippen molar-refractivity contribution in [2.75, 3.05) is 13.6 Å². The van der Waals surface area contributed by atoms with Crippen molar-refractivity contribution >= 4 is 5.69 Å². The lowest BCUT2D eigenvalue weighted by atomic mass is 10.1. The lowest BCUT2D eigenvalue weighted by Gasteiger charge is -2.16. The van der Waals surface area contributed by atoms with Gasteiger partial charge in [0.15, 0.2) is 0 Å². The number of unbranched alkanes of at least 4 members (excludes halogenated alkanes) is 3. The lowest BCUT2D eigenvalue weighted by Crippen LogP contribution is -2.19. The summed E-state index contributed by atoms with van der Waals surface area (Å²) in [6.07, 6.45) is 5.05. The van der Waals surface area contributed by atoms with Gasteiger partial charge in [0.1, 0.15) is 0 Å². The molecule has 0 N–H and O–H groups in total. The Kier molecular flexibility index (Phi) is 6.36. The highest BCUT2D eigenvalue weighted by molar-refractivity contribution is 5.32. The second-order valence-electron chi connectivity index (χ2n) is 4.72. The zero-order valence-electron chi connectivity index (χ0n) is 11.3. The Morgan fingerprint density at radius 2 is 1.83 bits per heavy atom. The zero-order valence-corrected chi connectivity index (χ0v) is 11.3. The summed E-state index contributed by atoms with van der Waals surface area (Å²) in [7, 11) is 2.09. The number of rotatable bonds is 8. The van der Waals surface area contributed by atoms with Crippen molar-refractivity contribution in [3.63, 3.8) is 0 Å². The minimum atomic E-state index is -0.363. The average Bonchev–Trinajstić information content (AvgIpc) is 2.35. The second kappa shape index (κ2) is 7.82. The van der Waals surface area contributed by atoms with Crippen molar-refractivity contribution in [1.82, 2.24) is 4.90 Å². The van der Waals surface area contributed by atoms with Crippen molar-refractivity contribution < 1.29 is 4.92 Å². The normalized spacial score (nSPS) is 10.8. The smallest absolute Gasteiger partial charge is 0.269 e. The molecule has 4 heteroatoms. The van der Waals surface area contributed by atoms with Gasteiger partial charge in [0.05, 0.1) is 4.92 Å². The Morgan fingerprint density at radius 3 is 2.39 bits per heavy atom. The summed E-state index contributed by atoms with van der Waals surface area (Å²) in [5, 5.41) is 10.5. The van der Waals surface area contributed by atoms with E-state index in [-0.39, 0.29) is 10.6 Å². The molecule has 0 spiro atoms. The lowest BCUT2D eigenvalue weighted by molar-refractivity contribution is -0.384. The maximum atomic E-state index is 10.5. The maximum absolute atomic E-state index is 10.5. The summed E-state index contributed by atoms with van der Waals surface area (Å²) >= 11 is 0. The summed E-state index contributed by atoms with van der Waals surface area (Å²) in [6, 6.07) is 6.81. The van der Waals surface area contributed by atoms with Crippen LogP contribution in [0.3, 0.4) is 0 Å². The Hall–Kier alpha value is -1.42. The maximum Gasteiger partial charge on any atom is 0.269 e. The molecule has 0 aliphatic rings. The standard InChI is InChI=1S/C14H22N2O2/c1-3-4-5-6-11-15(2)12-13-7-9-14(10-8-13)16(17)18/h7-10H,3-6,11-12H2,1-2H3. The van der Waals surface area contributed by atoms with Crippen LogP contribution in [0.2, 0.25) is 0 Å². The van der Waals surface area contributed by atoms with E-state index in [4.69, 9.17) is 0 Å². The molecular weight excluding hydrogens is 228 g/mol. The van der Waals surface area contributed by atoms with Crippen LogP contribution in [-0.2, 0) is 6.54 Å². The van der Waals surface area contributed by atoms with E-state index in [9.17, 15) is 10.1 Å². The molecule has 0 atom stereocenters. The monoisotopic (exact) mass is 250 g/mol. The first-order valence-electron chi connectivity index (χ1n) is 6.55. The summed E-state index contributed by atoms with van der Waals surface area (Å²) in [4.78, 5) is 12.4. The molecule has 0 aliphatic carbocycles. The fourth-order valence-corrected chi connectivity index (χ4v) is 1.92. The Bertz CT molecular complexity index is 363. The zero-order chi connectivity index (χ0) is 13.4. The number of hydrogen-bond acceptors (Lipinski definition) is 3. The molecule has 18 heavy (non-hydrogen) atoms. The highest BCUT2D eigenvalue weighted by Crippen LogP contribution is 2.13. The average molecular weight is 250 g/mol. The molecule has 0 bridgehead atoms. The molecule has 0 amide bonds. The van der Waals surface area contributed by atoms with Gasteiger partial charge in [0.2, 0.25) is 0 Å². The van der Waals surface area contributed by atoms with Crippen LogP contribution in [-0.4, -0.2) is 23.4 Å². The first-order chi connectivity index (χ1) is 8.63. The van der Waals surface area contributed by atoms with Gasteiger partial charge in [-0.05, 0) is 25.6 Å². The second-order valence-corrected chi connectivity index (χ2v) is 4.72. The highest BCUT2D eigenvalue weighted by Gasteiger charge is 2.05. The summed E-state index contributed by atoms with van der Waals surface area (Å²) in [6.45, 7) is 4.14. The van der Waals surface area contributed by atoms with Crippen LogP contribution in [0.4, 0.5) is 5.69 Å². The first kappa shape index (κ1) is 14.6. The van der Waals surface area contributed by atoms with Crippen molar-refractivity contribution in [1.29, 1.82) is 0 Å². The van der Waals surface area contributed by atoms with Gasteiger partial charge in [-0.25, -0.2) is 0 Å². The fraction of sp³-hybridized carbons (Fsp3) is 0.571. The molecule has 0 saturated carbocycles. The predicted molar refractivity (Wildman–Crippen MR) is 73.6 cm³/mol. The molecule has 100 valence electrons. The van der Waals surface area contributed by atoms with E-state index < -0.39 is 0 Å². The van der Waals surface area contributed by atoms with Gasteiger partial charge in [0.25, 0.3) is 5.69 Å². The molecule has 1 aromatic carbocycles. The van der Waals surface area contributed by atoms with Crippen molar-refractivity contribution in [2.45, 2.75) is 39.2 Å². The molecule has 0 heterocycles. The summed E-state index contributed by atoms with van der Waals surface area (Å²) < 4.78 is 0. The Morgan fingerprint density at radius 1 is 1.17 bits per heavy atom. The third-order valence-electron chi connectivity index (χ3n) is 2.99. The predicted octanol–water partition coefficient (Wildman–Crippen LogP) is 3.61. The Balaban J connectivity index is 2.35. The number of nitrogens with zero attached hydrogens (tertiary/aromatic N) is 2. The SMILES string of the molecule is CCCCCCN(C)Cc1ccc([N+](=O)[O-])cc1. The third-order valence-corrected chi connectivity index (χ3v) is 2.99. The van der Waals surface area contributed by atoms with Crippen LogP contribution in [0.1, 0.15) is 38.2 Å². The largest absolute Gasteiger partial charge is 0.302 e. The minimum absolute atomic E-state index is 0.157. The number of non-ortho nitro benzene ring substituents is 1. The van der Waals surface area contributed by atoms with Crippen LogP contribution >= 0.6 is 0 Å². The van der Waals surface area contributed by atoms with E-state index in [1.807, 2.05) is 12.1 Å². The fourth-order valence-electron chi connectivity index (χ4n) is 1.92.